The van der Waals surface area contributed by atoms with Crippen LogP contribution in [0, 0.1) is 0 Å². The van der Waals surface area contributed by atoms with E-state index >= 15 is 0 Å². The van der Waals surface area contributed by atoms with Crippen LogP contribution in [0.15, 0.2) is 67.3 Å². The monoisotopic (exact) mass is 310 g/mol. The molecular weight excluding hydrogens is 291 g/mol. The first kappa shape index (κ1) is 14.2. The van der Waals surface area contributed by atoms with Gasteiger partial charge < -0.3 is 0 Å². The van der Waals surface area contributed by atoms with Gasteiger partial charge in [-0.25, -0.2) is 0 Å². The molecule has 0 aliphatic carbocycles. The van der Waals surface area contributed by atoms with Gasteiger partial charge in [0, 0.05) is 0 Å². The Balaban J connectivity index is 2.54. The molecule has 0 amide bonds. The summed E-state index contributed by atoms with van der Waals surface area (Å²) in [4.78, 5) is 0. The summed E-state index contributed by atoms with van der Waals surface area (Å²) in [6.07, 6.45) is 2.03. The molecule has 0 saturated carbocycles. The second-order valence-corrected chi connectivity index (χ2v) is 7.62. The van der Waals surface area contributed by atoms with Crippen LogP contribution in [0.25, 0.3) is 0 Å². The molecule has 1 heteroatoms. The van der Waals surface area contributed by atoms with Gasteiger partial charge in [-0.3, -0.25) is 0 Å². The van der Waals surface area contributed by atoms with E-state index in [0.717, 1.165) is 0 Å². The Hall–Kier alpha value is -1.26. The predicted octanol–water partition coefficient (Wildman–Crippen LogP) is 4.41. The first-order chi connectivity index (χ1) is 9.04. The number of hydrogen-bond acceptors (Lipinski definition) is 0. The molecule has 0 saturated heterocycles. The van der Waals surface area contributed by atoms with Crippen molar-refractivity contribution in [3.8, 4) is 0 Å². The molecule has 0 bridgehead atoms. The molecule has 0 aliphatic rings. The minimum absolute atomic E-state index is 0.0830. The number of rotatable bonds is 4. The summed E-state index contributed by atoms with van der Waals surface area (Å²) in [6, 6.07) is 19.2. The summed E-state index contributed by atoms with van der Waals surface area (Å²) in [6.45, 7) is 8.50. The van der Waals surface area contributed by atoms with Crippen LogP contribution in [-0.4, -0.2) is 16.9 Å². The molecule has 0 nitrogen and oxygen atoms in total. The fourth-order valence-corrected chi connectivity index (χ4v) is 2.86. The average Bonchev–Trinajstić information content (AvgIpc) is 2.40. The zero-order valence-electron chi connectivity index (χ0n) is 11.5. The van der Waals surface area contributed by atoms with Crippen LogP contribution in [0.2, 0.25) is 0 Å². The third kappa shape index (κ3) is 3.19. The first-order valence-electron chi connectivity index (χ1n) is 6.53. The van der Waals surface area contributed by atoms with Crippen molar-refractivity contribution in [2.45, 2.75) is 24.0 Å². The predicted molar refractivity (Wildman–Crippen MR) is 83.7 cm³/mol. The molecule has 0 fully saturated rings. The number of allylic oxidation sites excluding steroid dienone is 1. The molecule has 2 radical (unpaired) electrons. The van der Waals surface area contributed by atoms with Crippen molar-refractivity contribution in [3.63, 3.8) is 0 Å². The van der Waals surface area contributed by atoms with Crippen LogP contribution in [0.1, 0.15) is 36.5 Å². The van der Waals surface area contributed by atoms with E-state index in [2.05, 4.69) is 91.9 Å². The van der Waals surface area contributed by atoms with Crippen LogP contribution in [-0.2, 0) is 4.20 Å². The van der Waals surface area contributed by atoms with Crippen molar-refractivity contribution in [2.24, 2.45) is 0 Å². The zero-order chi connectivity index (χ0) is 13.9. The van der Waals surface area contributed by atoms with E-state index in [9.17, 15) is 0 Å². The zero-order valence-corrected chi connectivity index (χ0v) is 13.4. The summed E-state index contributed by atoms with van der Waals surface area (Å²) in [7, 11) is 0. The third-order valence-electron chi connectivity index (χ3n) is 3.35. The quantitative estimate of drug-likeness (QED) is 0.580. The molecule has 0 aliphatic heterocycles. The van der Waals surface area contributed by atoms with Crippen LogP contribution in [0.5, 0.6) is 0 Å². The Morgan fingerprint density at radius 2 is 1.58 bits per heavy atom. The Morgan fingerprint density at radius 3 is 2.16 bits per heavy atom. The second-order valence-electron chi connectivity index (χ2n) is 5.27. The maximum absolute atomic E-state index is 4.03. The molecule has 1 atom stereocenters. The molecule has 2 aromatic carbocycles. The minimum atomic E-state index is 0.0830. The molecule has 19 heavy (non-hydrogen) atoms. The van der Waals surface area contributed by atoms with E-state index in [0.29, 0.717) is 0 Å². The molecule has 96 valence electrons. The fraction of sp³-hybridized carbons (Fsp3) is 0.222. The molecule has 0 N–H and O–H groups in total. The van der Waals surface area contributed by atoms with Gasteiger partial charge in [0.05, 0.1) is 0 Å². The number of benzene rings is 2. The van der Waals surface area contributed by atoms with Gasteiger partial charge in [0.25, 0.3) is 0 Å². The SMILES string of the molecule is C=CC(c1ccccc1)c1ccccc1C(C)(C)[As]. The topological polar surface area (TPSA) is 0 Å². The van der Waals surface area contributed by atoms with Crippen molar-refractivity contribution in [1.29, 1.82) is 0 Å². The Labute approximate surface area is 125 Å². The normalized spacial score (nSPS) is 13.0. The molecule has 0 spiro atoms. The molecule has 0 heterocycles. The van der Waals surface area contributed by atoms with E-state index in [1.807, 2.05) is 6.08 Å². The molecular formula is C18H19As. The summed E-state index contributed by atoms with van der Waals surface area (Å²) < 4.78 is 0.0830. The van der Waals surface area contributed by atoms with Gasteiger partial charge >= 0.3 is 125 Å². The Bertz CT molecular complexity index is 549. The van der Waals surface area contributed by atoms with Gasteiger partial charge in [-0.2, -0.15) is 0 Å². The summed E-state index contributed by atoms with van der Waals surface area (Å²) in [5.74, 6) is 0.251. The van der Waals surface area contributed by atoms with Crippen molar-refractivity contribution in [3.05, 3.63) is 83.9 Å². The standard InChI is InChI=1S/C18H19As/c1-4-15(14-10-6-5-7-11-14)16-12-8-9-13-17(16)18(2,3)19/h4-13,15H,1H2,2-3H3. The molecule has 0 aromatic heterocycles. The van der Waals surface area contributed by atoms with Crippen molar-refractivity contribution < 1.29 is 0 Å². The Kier molecular flexibility index (Phi) is 4.32. The van der Waals surface area contributed by atoms with Crippen LogP contribution in [0.3, 0.4) is 0 Å². The fourth-order valence-electron chi connectivity index (χ4n) is 2.43. The van der Waals surface area contributed by atoms with Gasteiger partial charge in [0.2, 0.25) is 0 Å². The first-order valence-corrected chi connectivity index (χ1v) is 7.47. The van der Waals surface area contributed by atoms with E-state index in [1.54, 1.807) is 0 Å². The Morgan fingerprint density at radius 1 is 1.00 bits per heavy atom. The van der Waals surface area contributed by atoms with Gasteiger partial charge in [-0.1, -0.05) is 0 Å². The second kappa shape index (κ2) is 5.80. The summed E-state index contributed by atoms with van der Waals surface area (Å²) >= 11 is 2.77. The average molecular weight is 310 g/mol. The van der Waals surface area contributed by atoms with Crippen LogP contribution in [0.4, 0.5) is 0 Å². The molecule has 1 unspecified atom stereocenters. The van der Waals surface area contributed by atoms with Crippen LogP contribution < -0.4 is 0 Å². The van der Waals surface area contributed by atoms with Crippen molar-refractivity contribution >= 4 is 16.9 Å². The maximum atomic E-state index is 4.03. The van der Waals surface area contributed by atoms with Gasteiger partial charge in [0.15, 0.2) is 0 Å². The molecule has 2 aromatic rings. The van der Waals surface area contributed by atoms with Crippen molar-refractivity contribution in [2.75, 3.05) is 0 Å². The van der Waals surface area contributed by atoms with Crippen LogP contribution >= 0.6 is 0 Å². The van der Waals surface area contributed by atoms with Gasteiger partial charge in [-0.05, 0) is 0 Å². The summed E-state index contributed by atoms with van der Waals surface area (Å²) in [5.41, 5.74) is 4.00. The summed E-state index contributed by atoms with van der Waals surface area (Å²) in [5, 5.41) is 0. The van der Waals surface area contributed by atoms with Gasteiger partial charge in [-0.15, -0.1) is 0 Å². The van der Waals surface area contributed by atoms with E-state index in [4.69, 9.17) is 0 Å². The van der Waals surface area contributed by atoms with Gasteiger partial charge in [0.1, 0.15) is 0 Å². The van der Waals surface area contributed by atoms with E-state index < -0.39 is 0 Å². The number of hydrogen-bond donors (Lipinski definition) is 0. The third-order valence-corrected chi connectivity index (χ3v) is 3.85. The van der Waals surface area contributed by atoms with Crippen molar-refractivity contribution in [1.82, 2.24) is 0 Å². The molecule has 2 rings (SSSR count). The van der Waals surface area contributed by atoms with E-state index in [1.165, 1.54) is 16.7 Å². The van der Waals surface area contributed by atoms with E-state index in [-0.39, 0.29) is 10.1 Å².